The maximum atomic E-state index is 2.45. The van der Waals surface area contributed by atoms with Gasteiger partial charge in [0.1, 0.15) is 0 Å². The molecule has 366 valence electrons. The van der Waals surface area contributed by atoms with Gasteiger partial charge in [0, 0.05) is 70.8 Å². The van der Waals surface area contributed by atoms with Crippen LogP contribution in [0.2, 0.25) is 0 Å². The van der Waals surface area contributed by atoms with Crippen molar-refractivity contribution < 1.29 is 0 Å². The van der Waals surface area contributed by atoms with Crippen molar-refractivity contribution in [2.24, 2.45) is 0 Å². The van der Waals surface area contributed by atoms with Crippen LogP contribution >= 0.6 is 11.3 Å². The quantitative estimate of drug-likeness (QED) is 0.135. The molecule has 0 amide bonds. The molecule has 13 aromatic carbocycles. The molecule has 0 saturated carbocycles. The van der Waals surface area contributed by atoms with E-state index < -0.39 is 0 Å². The third-order valence-electron chi connectivity index (χ3n) is 15.5. The normalized spacial score (nSPS) is 11.6. The monoisotopic (exact) mass is 1010 g/mol. The highest BCUT2D eigenvalue weighted by Gasteiger charge is 2.23. The Bertz CT molecular complexity index is 4530. The molecule has 15 rings (SSSR count). The molecule has 15 aromatic rings. The third-order valence-corrected chi connectivity index (χ3v) is 16.7. The fourth-order valence-corrected chi connectivity index (χ4v) is 13.0. The molecule has 0 atom stereocenters. The van der Waals surface area contributed by atoms with Crippen LogP contribution in [0.4, 0.5) is 34.1 Å². The summed E-state index contributed by atoms with van der Waals surface area (Å²) in [5, 5.41) is 9.85. The van der Waals surface area contributed by atoms with Crippen molar-refractivity contribution in [3.8, 4) is 39.1 Å². The minimum Gasteiger partial charge on any atom is -0.310 e. The minimum absolute atomic E-state index is 1.04. The number of aromatic nitrogens is 1. The number of anilines is 6. The van der Waals surface area contributed by atoms with E-state index in [1.54, 1.807) is 0 Å². The van der Waals surface area contributed by atoms with Crippen LogP contribution in [0.15, 0.2) is 297 Å². The molecule has 2 heterocycles. The number of para-hydroxylation sites is 1. The van der Waals surface area contributed by atoms with Crippen molar-refractivity contribution >= 4 is 109 Å². The van der Waals surface area contributed by atoms with Crippen molar-refractivity contribution in [2.75, 3.05) is 9.80 Å². The van der Waals surface area contributed by atoms with E-state index in [2.05, 4.69) is 312 Å². The molecule has 0 radical (unpaired) electrons. The van der Waals surface area contributed by atoms with Gasteiger partial charge in [-0.25, -0.2) is 0 Å². The van der Waals surface area contributed by atoms with Crippen LogP contribution in [0.3, 0.4) is 0 Å². The van der Waals surface area contributed by atoms with E-state index in [9.17, 15) is 0 Å². The summed E-state index contributed by atoms with van der Waals surface area (Å²) in [5.41, 5.74) is 16.8. The van der Waals surface area contributed by atoms with E-state index in [4.69, 9.17) is 0 Å². The second kappa shape index (κ2) is 19.0. The van der Waals surface area contributed by atoms with Crippen LogP contribution in [-0.4, -0.2) is 4.57 Å². The van der Waals surface area contributed by atoms with E-state index in [0.717, 1.165) is 50.9 Å². The lowest BCUT2D eigenvalue weighted by molar-refractivity contribution is 1.18. The minimum atomic E-state index is 1.04. The van der Waals surface area contributed by atoms with Gasteiger partial charge < -0.3 is 14.4 Å². The van der Waals surface area contributed by atoms with Crippen molar-refractivity contribution in [1.82, 2.24) is 4.57 Å². The highest BCUT2D eigenvalue weighted by atomic mass is 32.1. The zero-order chi connectivity index (χ0) is 51.5. The fraction of sp³-hybridized carbons (Fsp3) is 0. The van der Waals surface area contributed by atoms with Crippen LogP contribution < -0.4 is 9.80 Å². The Morgan fingerprint density at radius 1 is 0.256 bits per heavy atom. The summed E-state index contributed by atoms with van der Waals surface area (Å²) in [7, 11) is 0. The summed E-state index contributed by atoms with van der Waals surface area (Å²) in [4.78, 5) is 4.87. The number of nitrogens with zero attached hydrogens (tertiary/aromatic N) is 3. The Hall–Kier alpha value is -10.0. The van der Waals surface area contributed by atoms with Gasteiger partial charge in [-0.05, 0) is 158 Å². The summed E-state index contributed by atoms with van der Waals surface area (Å²) < 4.78 is 5.05. The Balaban J connectivity index is 1.00. The SMILES string of the molecule is c1ccc(-c2ccc(N(c3cc(-c4ccc5c(c4)c4c6sc7ccccc7c6ccc4n5-c4ccccc4)cc(N(c4ccc(-c5ccccc5)cc4)c4ccc5ccccc5c4)c3)c3ccc4ccccc4c3)cc2)cc1. The predicted molar refractivity (Wildman–Crippen MR) is 334 cm³/mol. The first-order valence-electron chi connectivity index (χ1n) is 26.6. The average Bonchev–Trinajstić information content (AvgIpc) is 4.28. The molecule has 0 aliphatic rings. The fourth-order valence-electron chi connectivity index (χ4n) is 11.7. The lowest BCUT2D eigenvalue weighted by Crippen LogP contribution is -2.14. The number of thiophene rings is 1. The summed E-state index contributed by atoms with van der Waals surface area (Å²) in [6, 6.07) is 109. The van der Waals surface area contributed by atoms with Gasteiger partial charge in [-0.1, -0.05) is 194 Å². The van der Waals surface area contributed by atoms with Crippen LogP contribution in [0.5, 0.6) is 0 Å². The molecule has 78 heavy (non-hydrogen) atoms. The Labute approximate surface area is 457 Å². The maximum absolute atomic E-state index is 2.45. The van der Waals surface area contributed by atoms with Gasteiger partial charge in [0.05, 0.1) is 11.0 Å². The number of benzene rings is 13. The van der Waals surface area contributed by atoms with Gasteiger partial charge in [0.2, 0.25) is 0 Å². The molecule has 0 unspecified atom stereocenters. The lowest BCUT2D eigenvalue weighted by Gasteiger charge is -2.31. The van der Waals surface area contributed by atoms with E-state index in [1.165, 1.54) is 85.8 Å². The number of fused-ring (bicyclic) bond motifs is 9. The molecule has 3 nitrogen and oxygen atoms in total. The molecular formula is C74H49N3S. The molecule has 0 spiro atoms. The topological polar surface area (TPSA) is 11.4 Å². The first kappa shape index (κ1) is 45.4. The van der Waals surface area contributed by atoms with Crippen LogP contribution in [0.25, 0.3) is 103 Å². The first-order valence-corrected chi connectivity index (χ1v) is 27.5. The highest BCUT2D eigenvalue weighted by Crippen LogP contribution is 2.48. The molecular weight excluding hydrogens is 963 g/mol. The average molecular weight is 1010 g/mol. The van der Waals surface area contributed by atoms with Gasteiger partial charge in [-0.3, -0.25) is 0 Å². The first-order chi connectivity index (χ1) is 38.6. The van der Waals surface area contributed by atoms with Gasteiger partial charge >= 0.3 is 0 Å². The molecule has 0 aliphatic heterocycles. The highest BCUT2D eigenvalue weighted by molar-refractivity contribution is 7.26. The summed E-state index contributed by atoms with van der Waals surface area (Å²) in [5.74, 6) is 0. The Morgan fingerprint density at radius 2 is 0.718 bits per heavy atom. The van der Waals surface area contributed by atoms with E-state index >= 15 is 0 Å². The third kappa shape index (κ3) is 7.97. The zero-order valence-corrected chi connectivity index (χ0v) is 43.4. The number of hydrogen-bond donors (Lipinski definition) is 0. The molecule has 2 aromatic heterocycles. The largest absolute Gasteiger partial charge is 0.310 e. The summed E-state index contributed by atoms with van der Waals surface area (Å²) in [6.45, 7) is 0. The molecule has 0 fully saturated rings. The second-order valence-electron chi connectivity index (χ2n) is 20.1. The van der Waals surface area contributed by atoms with E-state index in [-0.39, 0.29) is 0 Å². The number of rotatable bonds is 10. The summed E-state index contributed by atoms with van der Waals surface area (Å²) >= 11 is 1.89. The standard InChI is InChI=1S/C74H49N3S/c1-4-16-50(17-5-1)54-28-35-61(36-29-54)75(63-39-32-52-20-10-12-22-56(52)44-63)65-46-59(47-66(49-65)76(64-40-33-53-21-11-13-23-57(53)45-64)62-37-30-55(31-38-62)51-18-6-2-7-19-51)58-34-42-70-69(48-58)73-71(77(70)60-24-8-3-9-25-60)43-41-68-67-26-14-15-27-72(67)78-74(68)73/h1-49H. The zero-order valence-electron chi connectivity index (χ0n) is 42.5. The maximum Gasteiger partial charge on any atom is 0.0555 e. The molecule has 0 aliphatic carbocycles. The predicted octanol–water partition coefficient (Wildman–Crippen LogP) is 21.4. The Kier molecular flexibility index (Phi) is 11.0. The number of hydrogen-bond acceptors (Lipinski definition) is 3. The second-order valence-corrected chi connectivity index (χ2v) is 21.2. The molecule has 0 bridgehead atoms. The van der Waals surface area contributed by atoms with Crippen molar-refractivity contribution in [3.05, 3.63) is 297 Å². The van der Waals surface area contributed by atoms with E-state index in [1.807, 2.05) is 11.3 Å². The smallest absolute Gasteiger partial charge is 0.0555 e. The van der Waals surface area contributed by atoms with E-state index in [0.29, 0.717) is 0 Å². The van der Waals surface area contributed by atoms with Gasteiger partial charge in [0.25, 0.3) is 0 Å². The van der Waals surface area contributed by atoms with Crippen molar-refractivity contribution in [3.63, 3.8) is 0 Å². The van der Waals surface area contributed by atoms with Crippen LogP contribution in [0.1, 0.15) is 0 Å². The lowest BCUT2D eigenvalue weighted by atomic mass is 9.99. The van der Waals surface area contributed by atoms with Crippen molar-refractivity contribution in [1.29, 1.82) is 0 Å². The van der Waals surface area contributed by atoms with Crippen molar-refractivity contribution in [2.45, 2.75) is 0 Å². The Morgan fingerprint density at radius 3 is 1.29 bits per heavy atom. The molecule has 4 heteroatoms. The van der Waals surface area contributed by atoms with Gasteiger partial charge in [-0.15, -0.1) is 11.3 Å². The molecule has 0 saturated heterocycles. The summed E-state index contributed by atoms with van der Waals surface area (Å²) in [6.07, 6.45) is 0. The van der Waals surface area contributed by atoms with Crippen LogP contribution in [-0.2, 0) is 0 Å². The van der Waals surface area contributed by atoms with Gasteiger partial charge in [0.15, 0.2) is 0 Å². The molecule has 0 N–H and O–H groups in total. The van der Waals surface area contributed by atoms with Crippen LogP contribution in [0, 0.1) is 0 Å². The van der Waals surface area contributed by atoms with Gasteiger partial charge in [-0.2, -0.15) is 0 Å².